The second-order valence-corrected chi connectivity index (χ2v) is 5.63. The summed E-state index contributed by atoms with van der Waals surface area (Å²) in [5.74, 6) is 0. The molecule has 0 aromatic heterocycles. The van der Waals surface area contributed by atoms with Gasteiger partial charge < -0.3 is 10.5 Å². The van der Waals surface area contributed by atoms with E-state index in [9.17, 15) is 8.42 Å². The van der Waals surface area contributed by atoms with E-state index in [1.165, 1.54) is 11.4 Å². The molecule has 0 radical (unpaired) electrons. The first-order valence-corrected chi connectivity index (χ1v) is 6.40. The van der Waals surface area contributed by atoms with Crippen LogP contribution in [-0.2, 0) is 14.9 Å². The van der Waals surface area contributed by atoms with Crippen LogP contribution < -0.4 is 10.5 Å². The number of nitrogens with two attached hydrogens (primary N) is 1. The predicted octanol–water partition coefficient (Wildman–Crippen LogP) is -1.11. The lowest BCUT2D eigenvalue weighted by Crippen LogP contribution is -2.69. The molecule has 1 aliphatic rings. The van der Waals surface area contributed by atoms with Crippen LogP contribution in [0.4, 0.5) is 0 Å². The van der Waals surface area contributed by atoms with Crippen LogP contribution in [0.2, 0.25) is 0 Å². The summed E-state index contributed by atoms with van der Waals surface area (Å²) in [5.41, 5.74) is 5.55. The molecule has 0 amide bonds. The Bertz CT molecular complexity index is 298. The van der Waals surface area contributed by atoms with Crippen LogP contribution in [0.3, 0.4) is 0 Å². The summed E-state index contributed by atoms with van der Waals surface area (Å²) in [5, 5.41) is 0. The van der Waals surface area contributed by atoms with Crippen molar-refractivity contribution >= 4 is 10.2 Å². The molecule has 1 rings (SSSR count). The molecule has 1 saturated heterocycles. The van der Waals surface area contributed by atoms with E-state index in [1.54, 1.807) is 0 Å². The Morgan fingerprint density at radius 2 is 2.13 bits per heavy atom. The third-order valence-corrected chi connectivity index (χ3v) is 4.12. The van der Waals surface area contributed by atoms with Crippen molar-refractivity contribution in [2.75, 3.05) is 33.4 Å². The Labute approximate surface area is 90.9 Å². The van der Waals surface area contributed by atoms with Crippen LogP contribution in [0.25, 0.3) is 0 Å². The van der Waals surface area contributed by atoms with E-state index < -0.39 is 10.2 Å². The van der Waals surface area contributed by atoms with Crippen LogP contribution >= 0.6 is 0 Å². The molecule has 0 bridgehead atoms. The van der Waals surface area contributed by atoms with E-state index in [2.05, 4.69) is 4.72 Å². The highest BCUT2D eigenvalue weighted by atomic mass is 32.2. The lowest BCUT2D eigenvalue weighted by Gasteiger charge is -2.45. The number of hydrogen-bond donors (Lipinski definition) is 2. The molecule has 1 aliphatic heterocycles. The zero-order valence-electron chi connectivity index (χ0n) is 9.19. The van der Waals surface area contributed by atoms with Crippen LogP contribution in [-0.4, -0.2) is 51.6 Å². The molecule has 0 unspecified atom stereocenters. The van der Waals surface area contributed by atoms with Crippen LogP contribution in [0.5, 0.6) is 0 Å². The first-order chi connectivity index (χ1) is 6.93. The maximum Gasteiger partial charge on any atom is 0.279 e. The van der Waals surface area contributed by atoms with E-state index in [-0.39, 0.29) is 5.54 Å². The number of ether oxygens (including phenoxy) is 1. The summed E-state index contributed by atoms with van der Waals surface area (Å²) in [6.07, 6.45) is 0.789. The van der Waals surface area contributed by atoms with Crippen LogP contribution in [0.15, 0.2) is 0 Å². The molecule has 0 saturated carbocycles. The number of nitrogens with zero attached hydrogens (tertiary/aromatic N) is 1. The van der Waals surface area contributed by atoms with Gasteiger partial charge in [0.25, 0.3) is 10.2 Å². The number of hydrogen-bond acceptors (Lipinski definition) is 4. The van der Waals surface area contributed by atoms with Crippen LogP contribution in [0, 0.1) is 0 Å². The average Bonchev–Trinajstić information content (AvgIpc) is 2.13. The summed E-state index contributed by atoms with van der Waals surface area (Å²) < 4.78 is 31.7. The number of nitrogens with one attached hydrogen (secondary N) is 1. The lowest BCUT2D eigenvalue weighted by atomic mass is 9.91. The summed E-state index contributed by atoms with van der Waals surface area (Å²) in [6.45, 7) is 3.41. The fourth-order valence-electron chi connectivity index (χ4n) is 1.41. The van der Waals surface area contributed by atoms with E-state index in [4.69, 9.17) is 10.5 Å². The standard InChI is InChI=1S/C8H19N3O3S/c1-3-8(9)6-11(7-8)15(12,13)10-4-5-14-2/h10H,3-7,9H2,1-2H3. The Kier molecular flexibility index (Phi) is 4.07. The SMILES string of the molecule is CCC1(N)CN(S(=O)(=O)NCCOC)C1. The summed E-state index contributed by atoms with van der Waals surface area (Å²) >= 11 is 0. The zero-order valence-corrected chi connectivity index (χ0v) is 10.0. The average molecular weight is 237 g/mol. The molecule has 1 fully saturated rings. The van der Waals surface area contributed by atoms with Gasteiger partial charge in [0.1, 0.15) is 0 Å². The van der Waals surface area contributed by atoms with Gasteiger partial charge in [-0.2, -0.15) is 17.4 Å². The van der Waals surface area contributed by atoms with Gasteiger partial charge in [-0.25, -0.2) is 0 Å². The van der Waals surface area contributed by atoms with Gasteiger partial charge in [-0.3, -0.25) is 0 Å². The van der Waals surface area contributed by atoms with E-state index >= 15 is 0 Å². The molecule has 0 atom stereocenters. The van der Waals surface area contributed by atoms with Gasteiger partial charge in [-0.05, 0) is 6.42 Å². The smallest absolute Gasteiger partial charge is 0.279 e. The van der Waals surface area contributed by atoms with Gasteiger partial charge in [0.05, 0.1) is 6.61 Å². The Morgan fingerprint density at radius 3 is 2.60 bits per heavy atom. The molecule has 0 aromatic rings. The molecule has 0 spiro atoms. The molecule has 3 N–H and O–H groups in total. The van der Waals surface area contributed by atoms with Gasteiger partial charge in [0.2, 0.25) is 0 Å². The van der Waals surface area contributed by atoms with Crippen molar-refractivity contribution in [2.24, 2.45) is 5.73 Å². The van der Waals surface area contributed by atoms with Crippen molar-refractivity contribution in [1.82, 2.24) is 9.03 Å². The first-order valence-electron chi connectivity index (χ1n) is 4.96. The molecular formula is C8H19N3O3S. The summed E-state index contributed by atoms with van der Waals surface area (Å²) in [7, 11) is -1.83. The third-order valence-electron chi connectivity index (χ3n) is 2.62. The molecule has 1 heterocycles. The van der Waals surface area contributed by atoms with E-state index in [1.807, 2.05) is 6.92 Å². The molecule has 0 aromatic carbocycles. The maximum atomic E-state index is 11.6. The maximum absolute atomic E-state index is 11.6. The minimum atomic E-state index is -3.35. The molecule has 15 heavy (non-hydrogen) atoms. The summed E-state index contributed by atoms with van der Waals surface area (Å²) in [4.78, 5) is 0. The van der Waals surface area contributed by atoms with Crippen molar-refractivity contribution in [2.45, 2.75) is 18.9 Å². The Morgan fingerprint density at radius 1 is 1.53 bits per heavy atom. The number of methoxy groups -OCH3 is 1. The van der Waals surface area contributed by atoms with Crippen molar-refractivity contribution in [1.29, 1.82) is 0 Å². The van der Waals surface area contributed by atoms with Gasteiger partial charge in [-0.15, -0.1) is 0 Å². The van der Waals surface area contributed by atoms with Crippen LogP contribution in [0.1, 0.15) is 13.3 Å². The van der Waals surface area contributed by atoms with E-state index in [0.29, 0.717) is 26.2 Å². The lowest BCUT2D eigenvalue weighted by molar-refractivity contribution is 0.150. The fraction of sp³-hybridized carbons (Fsp3) is 1.00. The normalized spacial score (nSPS) is 21.3. The minimum Gasteiger partial charge on any atom is -0.383 e. The van der Waals surface area contributed by atoms with Gasteiger partial charge in [0.15, 0.2) is 0 Å². The molecule has 0 aliphatic carbocycles. The van der Waals surface area contributed by atoms with E-state index in [0.717, 1.165) is 6.42 Å². The van der Waals surface area contributed by atoms with Gasteiger partial charge >= 0.3 is 0 Å². The highest BCUT2D eigenvalue weighted by molar-refractivity contribution is 7.87. The second-order valence-electron chi connectivity index (χ2n) is 3.88. The fourth-order valence-corrected chi connectivity index (χ4v) is 2.79. The van der Waals surface area contributed by atoms with Crippen molar-refractivity contribution < 1.29 is 13.2 Å². The minimum absolute atomic E-state index is 0.291. The molecule has 6 nitrogen and oxygen atoms in total. The summed E-state index contributed by atoms with van der Waals surface area (Å²) in [6, 6.07) is 0. The van der Waals surface area contributed by atoms with Gasteiger partial charge in [0, 0.05) is 32.3 Å². The topological polar surface area (TPSA) is 84.7 Å². The zero-order chi connectivity index (χ0) is 11.5. The van der Waals surface area contributed by atoms with Gasteiger partial charge in [-0.1, -0.05) is 6.92 Å². The first kappa shape index (κ1) is 12.9. The highest BCUT2D eigenvalue weighted by Crippen LogP contribution is 2.23. The molecular weight excluding hydrogens is 218 g/mol. The second kappa shape index (κ2) is 4.75. The Balaban J connectivity index is 2.38. The third kappa shape index (κ3) is 3.12. The quantitative estimate of drug-likeness (QED) is 0.574. The highest BCUT2D eigenvalue weighted by Gasteiger charge is 2.43. The van der Waals surface area contributed by atoms with Crippen molar-refractivity contribution in [3.63, 3.8) is 0 Å². The predicted molar refractivity (Wildman–Crippen MR) is 57.6 cm³/mol. The van der Waals surface area contributed by atoms with Crippen molar-refractivity contribution in [3.8, 4) is 0 Å². The molecule has 7 heteroatoms. The Hall–Kier alpha value is -0.210. The van der Waals surface area contributed by atoms with Crippen molar-refractivity contribution in [3.05, 3.63) is 0 Å². The molecule has 90 valence electrons. The number of rotatable bonds is 6. The largest absolute Gasteiger partial charge is 0.383 e. The monoisotopic (exact) mass is 237 g/mol.